The van der Waals surface area contributed by atoms with Gasteiger partial charge in [-0.25, -0.2) is 8.42 Å². The van der Waals surface area contributed by atoms with E-state index in [1.165, 1.54) is 17.4 Å². The van der Waals surface area contributed by atoms with E-state index in [1.807, 2.05) is 12.1 Å². The summed E-state index contributed by atoms with van der Waals surface area (Å²) in [4.78, 5) is 0.242. The van der Waals surface area contributed by atoms with Crippen molar-refractivity contribution < 1.29 is 18.6 Å². The van der Waals surface area contributed by atoms with Gasteiger partial charge in [0.1, 0.15) is 5.75 Å². The molecule has 5 rings (SSSR count). The summed E-state index contributed by atoms with van der Waals surface area (Å²) < 4.78 is 23.6. The number of aliphatic hydroxyl groups is 1. The summed E-state index contributed by atoms with van der Waals surface area (Å²) in [7, 11) is -3.28. The van der Waals surface area contributed by atoms with Crippen LogP contribution < -0.4 is 0 Å². The Morgan fingerprint density at radius 3 is 2.57 bits per heavy atom. The predicted molar refractivity (Wildman–Crippen MR) is 138 cm³/mol. The zero-order valence-electron chi connectivity index (χ0n) is 20.1. The molecule has 5 atom stereocenters. The summed E-state index contributed by atoms with van der Waals surface area (Å²) in [5.74, 6) is 7.67. The fraction of sp³-hybridized carbons (Fsp3) is 0.448. The minimum absolute atomic E-state index is 0.242. The smallest absolute Gasteiger partial charge is 0.175 e. The van der Waals surface area contributed by atoms with Gasteiger partial charge in [-0.2, -0.15) is 0 Å². The average Bonchev–Trinajstić information content (AvgIpc) is 2.84. The van der Waals surface area contributed by atoms with E-state index in [-0.39, 0.29) is 10.8 Å². The number of hydrogen-bond donors (Lipinski definition) is 2. The van der Waals surface area contributed by atoms with E-state index in [1.54, 1.807) is 30.3 Å². The van der Waals surface area contributed by atoms with Crippen LogP contribution in [-0.2, 0) is 16.3 Å². The highest BCUT2D eigenvalue weighted by Crippen LogP contribution is 2.64. The SMILES string of the molecule is CC[C@]12CC[C@@H]3c4ccc(O)cc4CC[C@H]3[C@@H]1CC=C(Cl)[C@@]2(O)C#Cc1ccc(S(C)(=O)=O)cc1. The van der Waals surface area contributed by atoms with Crippen LogP contribution in [0.25, 0.3) is 0 Å². The lowest BCUT2D eigenvalue weighted by Gasteiger charge is -2.59. The van der Waals surface area contributed by atoms with Crippen molar-refractivity contribution in [3.8, 4) is 17.6 Å². The quantitative estimate of drug-likeness (QED) is 0.519. The van der Waals surface area contributed by atoms with E-state index in [9.17, 15) is 18.6 Å². The molecule has 1 saturated carbocycles. The second-order valence-electron chi connectivity index (χ2n) is 10.4. The number of aryl methyl sites for hydroxylation is 1. The van der Waals surface area contributed by atoms with Gasteiger partial charge in [-0.15, -0.1) is 0 Å². The molecule has 2 aromatic carbocycles. The second kappa shape index (κ2) is 8.69. The topological polar surface area (TPSA) is 74.6 Å². The van der Waals surface area contributed by atoms with Crippen molar-refractivity contribution in [1.82, 2.24) is 0 Å². The number of rotatable bonds is 2. The van der Waals surface area contributed by atoms with Gasteiger partial charge in [0.25, 0.3) is 0 Å². The minimum Gasteiger partial charge on any atom is -0.508 e. The molecule has 3 aliphatic carbocycles. The third-order valence-corrected chi connectivity index (χ3v) is 10.4. The van der Waals surface area contributed by atoms with Gasteiger partial charge in [-0.1, -0.05) is 42.5 Å². The lowest BCUT2D eigenvalue weighted by atomic mass is 9.46. The lowest BCUT2D eigenvalue weighted by molar-refractivity contribution is -0.107. The van der Waals surface area contributed by atoms with E-state index in [0.717, 1.165) is 38.5 Å². The van der Waals surface area contributed by atoms with Crippen LogP contribution in [0.3, 0.4) is 0 Å². The number of hydrogen-bond acceptors (Lipinski definition) is 4. The first kappa shape index (κ1) is 24.4. The van der Waals surface area contributed by atoms with Crippen LogP contribution in [0.5, 0.6) is 5.75 Å². The highest BCUT2D eigenvalue weighted by molar-refractivity contribution is 7.90. The van der Waals surface area contributed by atoms with Gasteiger partial charge in [0.05, 0.1) is 9.93 Å². The van der Waals surface area contributed by atoms with E-state index in [2.05, 4.69) is 24.8 Å². The molecule has 4 nitrogen and oxygen atoms in total. The van der Waals surface area contributed by atoms with Crippen LogP contribution in [0.1, 0.15) is 61.6 Å². The van der Waals surface area contributed by atoms with E-state index in [4.69, 9.17) is 11.6 Å². The molecule has 1 fully saturated rings. The number of sulfone groups is 1. The van der Waals surface area contributed by atoms with Gasteiger partial charge in [0.15, 0.2) is 15.4 Å². The van der Waals surface area contributed by atoms with Crippen LogP contribution >= 0.6 is 11.6 Å². The molecule has 0 bridgehead atoms. The van der Waals surface area contributed by atoms with Gasteiger partial charge in [-0.05, 0) is 104 Å². The minimum atomic E-state index is -3.28. The number of benzene rings is 2. The fourth-order valence-electron chi connectivity index (χ4n) is 7.08. The largest absolute Gasteiger partial charge is 0.508 e. The molecule has 3 aliphatic rings. The number of fused-ring (bicyclic) bond motifs is 5. The molecular weight excluding hydrogens is 480 g/mol. The summed E-state index contributed by atoms with van der Waals surface area (Å²) in [6.45, 7) is 2.13. The first-order chi connectivity index (χ1) is 16.6. The molecule has 35 heavy (non-hydrogen) atoms. The van der Waals surface area contributed by atoms with Crippen molar-refractivity contribution in [3.05, 3.63) is 70.3 Å². The average molecular weight is 511 g/mol. The molecular formula is C29H31ClO4S. The molecule has 184 valence electrons. The van der Waals surface area contributed by atoms with Gasteiger partial charge in [-0.3, -0.25) is 0 Å². The monoisotopic (exact) mass is 510 g/mol. The Labute approximate surface area is 213 Å². The third-order valence-electron chi connectivity index (χ3n) is 8.84. The number of phenolic OH excluding ortho intramolecular Hbond substituents is 1. The number of aromatic hydroxyl groups is 1. The predicted octanol–water partition coefficient (Wildman–Crippen LogP) is 5.56. The van der Waals surface area contributed by atoms with Crippen LogP contribution in [0, 0.1) is 29.1 Å². The van der Waals surface area contributed by atoms with Crippen molar-refractivity contribution >= 4 is 21.4 Å². The van der Waals surface area contributed by atoms with Gasteiger partial charge in [0.2, 0.25) is 0 Å². The Balaban J connectivity index is 1.52. The normalized spacial score (nSPS) is 31.8. The van der Waals surface area contributed by atoms with Gasteiger partial charge >= 0.3 is 0 Å². The lowest BCUT2D eigenvalue weighted by Crippen LogP contribution is -2.59. The highest BCUT2D eigenvalue weighted by atomic mass is 35.5. The first-order valence-corrected chi connectivity index (χ1v) is 14.6. The van der Waals surface area contributed by atoms with Gasteiger partial charge < -0.3 is 10.2 Å². The summed E-state index contributed by atoms with van der Waals surface area (Å²) in [6, 6.07) is 12.2. The summed E-state index contributed by atoms with van der Waals surface area (Å²) in [5.41, 5.74) is 1.32. The Hall–Kier alpha value is -2.26. The van der Waals surface area contributed by atoms with Crippen molar-refractivity contribution in [2.45, 2.75) is 61.9 Å². The third kappa shape index (κ3) is 3.91. The molecule has 0 amide bonds. The van der Waals surface area contributed by atoms with Crippen molar-refractivity contribution in [3.63, 3.8) is 0 Å². The molecule has 0 spiro atoms. The van der Waals surface area contributed by atoms with Crippen molar-refractivity contribution in [2.75, 3.05) is 6.26 Å². The Morgan fingerprint density at radius 1 is 1.14 bits per heavy atom. The van der Waals surface area contributed by atoms with E-state index >= 15 is 0 Å². The molecule has 0 unspecified atom stereocenters. The summed E-state index contributed by atoms with van der Waals surface area (Å²) in [5, 5.41) is 22.5. The Bertz CT molecular complexity index is 1350. The van der Waals surface area contributed by atoms with E-state index in [0.29, 0.717) is 28.2 Å². The first-order valence-electron chi connectivity index (χ1n) is 12.3. The zero-order valence-corrected chi connectivity index (χ0v) is 21.7. The second-order valence-corrected chi connectivity index (χ2v) is 12.8. The van der Waals surface area contributed by atoms with Crippen molar-refractivity contribution in [1.29, 1.82) is 0 Å². The molecule has 6 heteroatoms. The molecule has 0 aromatic heterocycles. The van der Waals surface area contributed by atoms with Crippen LogP contribution in [-0.4, -0.2) is 30.5 Å². The molecule has 0 aliphatic heterocycles. The standard InChI is InChI=1S/C29H31ClO4S/c1-3-28-16-15-24-23-11-7-21(31)18-20(23)6-10-25(24)26(28)12-13-27(30)29(28,32)17-14-19-4-8-22(9-5-19)35(2,33)34/h4-5,7-9,11,13,18,24-26,31-32H,3,6,10,12,15-16H2,1-2H3/t24-,25-,26+,28+,29+/m1/s1. The van der Waals surface area contributed by atoms with Gasteiger partial charge in [0, 0.05) is 17.2 Å². The van der Waals surface area contributed by atoms with Crippen LogP contribution in [0.4, 0.5) is 0 Å². The summed E-state index contributed by atoms with van der Waals surface area (Å²) >= 11 is 6.74. The Kier molecular flexibility index (Phi) is 6.07. The number of allylic oxidation sites excluding steroid dienone is 1. The van der Waals surface area contributed by atoms with Crippen LogP contribution in [0.2, 0.25) is 0 Å². The highest BCUT2D eigenvalue weighted by Gasteiger charge is 2.61. The van der Waals surface area contributed by atoms with E-state index < -0.39 is 20.9 Å². The van der Waals surface area contributed by atoms with Crippen LogP contribution in [0.15, 0.2) is 58.5 Å². The molecule has 2 aromatic rings. The fourth-order valence-corrected chi connectivity index (χ4v) is 8.03. The maximum atomic E-state index is 12.1. The molecule has 0 radical (unpaired) electrons. The Morgan fingerprint density at radius 2 is 1.89 bits per heavy atom. The van der Waals surface area contributed by atoms with Crippen molar-refractivity contribution in [2.24, 2.45) is 17.3 Å². The number of halogens is 1. The molecule has 0 saturated heterocycles. The maximum absolute atomic E-state index is 12.1. The number of phenols is 1. The zero-order chi connectivity index (χ0) is 25.0. The maximum Gasteiger partial charge on any atom is 0.175 e. The summed E-state index contributed by atoms with van der Waals surface area (Å²) in [6.07, 6.45) is 8.44. The molecule has 0 heterocycles. The molecule has 2 N–H and O–H groups in total.